The number of ether oxygens (including phenoxy) is 1. The number of hydrogen-bond acceptors (Lipinski definition) is 4. The van der Waals surface area contributed by atoms with E-state index in [0.29, 0.717) is 26.2 Å². The van der Waals surface area contributed by atoms with Gasteiger partial charge in [0.05, 0.1) is 18.3 Å². The quantitative estimate of drug-likeness (QED) is 0.547. The van der Waals surface area contributed by atoms with Crippen LogP contribution in [0.25, 0.3) is 0 Å². The third kappa shape index (κ3) is 7.63. The van der Waals surface area contributed by atoms with Crippen molar-refractivity contribution in [3.63, 3.8) is 0 Å². The highest BCUT2D eigenvalue weighted by Crippen LogP contribution is 2.28. The van der Waals surface area contributed by atoms with E-state index in [9.17, 15) is 9.90 Å². The van der Waals surface area contributed by atoms with Crippen molar-refractivity contribution in [2.24, 2.45) is 5.92 Å². The van der Waals surface area contributed by atoms with Crippen LogP contribution in [-0.4, -0.2) is 49.0 Å². The molecule has 1 aliphatic carbocycles. The molecule has 1 saturated carbocycles. The molecule has 1 atom stereocenters. The van der Waals surface area contributed by atoms with E-state index in [1.807, 2.05) is 20.8 Å². The molecule has 0 heterocycles. The van der Waals surface area contributed by atoms with E-state index in [1.54, 1.807) is 0 Å². The van der Waals surface area contributed by atoms with Gasteiger partial charge in [-0.05, 0) is 33.6 Å². The monoisotopic (exact) mass is 258 g/mol. The maximum Gasteiger partial charge on any atom is 0.223 e. The molecule has 0 aromatic rings. The van der Waals surface area contributed by atoms with E-state index in [2.05, 4.69) is 10.6 Å². The Balaban J connectivity index is 1.91. The molecule has 1 rings (SSSR count). The number of carbonyl (C=O) groups excluding carboxylic acids is 1. The van der Waals surface area contributed by atoms with Crippen LogP contribution in [0.1, 0.15) is 33.6 Å². The summed E-state index contributed by atoms with van der Waals surface area (Å²) in [5.74, 6) is 0.421. The van der Waals surface area contributed by atoms with Gasteiger partial charge < -0.3 is 20.5 Å². The normalized spacial score (nSPS) is 17.6. The molecular formula is C13H26N2O3. The number of nitrogens with one attached hydrogen (secondary N) is 2. The summed E-state index contributed by atoms with van der Waals surface area (Å²) >= 11 is 0. The summed E-state index contributed by atoms with van der Waals surface area (Å²) in [7, 11) is 0. The second-order valence-electron chi connectivity index (χ2n) is 5.85. The molecule has 0 saturated heterocycles. The van der Waals surface area contributed by atoms with Crippen LogP contribution in [0.3, 0.4) is 0 Å². The Morgan fingerprint density at radius 1 is 1.39 bits per heavy atom. The highest BCUT2D eigenvalue weighted by molar-refractivity contribution is 5.80. The van der Waals surface area contributed by atoms with Crippen molar-refractivity contribution in [2.45, 2.75) is 45.3 Å². The second kappa shape index (κ2) is 7.07. The van der Waals surface area contributed by atoms with Crippen LogP contribution >= 0.6 is 0 Å². The molecule has 1 fully saturated rings. The molecule has 106 valence electrons. The van der Waals surface area contributed by atoms with Crippen molar-refractivity contribution in [3.05, 3.63) is 0 Å². The minimum atomic E-state index is -0.511. The lowest BCUT2D eigenvalue weighted by molar-refractivity contribution is -0.122. The Hall–Kier alpha value is -0.650. The fourth-order valence-electron chi connectivity index (χ4n) is 1.44. The van der Waals surface area contributed by atoms with Gasteiger partial charge in [0.1, 0.15) is 0 Å². The Labute approximate surface area is 109 Å². The number of hydrogen-bond donors (Lipinski definition) is 3. The first-order valence-electron chi connectivity index (χ1n) is 6.69. The van der Waals surface area contributed by atoms with Crippen molar-refractivity contribution < 1.29 is 14.6 Å². The zero-order chi connectivity index (χ0) is 13.6. The Bertz CT molecular complexity index is 259. The van der Waals surface area contributed by atoms with Gasteiger partial charge in [-0.3, -0.25) is 4.79 Å². The van der Waals surface area contributed by atoms with Crippen LogP contribution in [0.4, 0.5) is 0 Å². The molecule has 1 amide bonds. The molecule has 0 aromatic heterocycles. The van der Waals surface area contributed by atoms with E-state index >= 15 is 0 Å². The van der Waals surface area contributed by atoms with E-state index in [1.165, 1.54) is 0 Å². The lowest BCUT2D eigenvalue weighted by atomic mass is 10.2. The predicted molar refractivity (Wildman–Crippen MR) is 70.3 cm³/mol. The number of carbonyl (C=O) groups is 1. The molecule has 0 bridgehead atoms. The van der Waals surface area contributed by atoms with Crippen LogP contribution in [0.2, 0.25) is 0 Å². The van der Waals surface area contributed by atoms with Crippen LogP contribution in [0.5, 0.6) is 0 Å². The minimum absolute atomic E-state index is 0.161. The maximum absolute atomic E-state index is 11.3. The molecule has 0 spiro atoms. The molecule has 1 unspecified atom stereocenters. The fraction of sp³-hybridized carbons (Fsp3) is 0.923. The summed E-state index contributed by atoms with van der Waals surface area (Å²) in [6.45, 7) is 7.97. The minimum Gasteiger partial charge on any atom is -0.389 e. The zero-order valence-corrected chi connectivity index (χ0v) is 11.7. The van der Waals surface area contributed by atoms with Gasteiger partial charge in [-0.15, -0.1) is 0 Å². The van der Waals surface area contributed by atoms with E-state index in [-0.39, 0.29) is 17.4 Å². The zero-order valence-electron chi connectivity index (χ0n) is 11.7. The average molecular weight is 258 g/mol. The first kappa shape index (κ1) is 15.4. The Morgan fingerprint density at radius 3 is 2.61 bits per heavy atom. The van der Waals surface area contributed by atoms with Gasteiger partial charge in [-0.2, -0.15) is 0 Å². The lowest BCUT2D eigenvalue weighted by Gasteiger charge is -2.22. The summed E-state index contributed by atoms with van der Waals surface area (Å²) in [5, 5.41) is 15.6. The summed E-state index contributed by atoms with van der Waals surface area (Å²) in [4.78, 5) is 11.3. The highest BCUT2D eigenvalue weighted by atomic mass is 16.5. The Morgan fingerprint density at radius 2 is 2.06 bits per heavy atom. The van der Waals surface area contributed by atoms with Crippen molar-refractivity contribution in [1.29, 1.82) is 0 Å². The van der Waals surface area contributed by atoms with Crippen LogP contribution in [0, 0.1) is 5.92 Å². The average Bonchev–Trinajstić information content (AvgIpc) is 3.08. The van der Waals surface area contributed by atoms with Gasteiger partial charge in [-0.1, -0.05) is 0 Å². The summed E-state index contributed by atoms with van der Waals surface area (Å²) in [5.41, 5.74) is -0.223. The third-order valence-corrected chi connectivity index (χ3v) is 2.64. The van der Waals surface area contributed by atoms with E-state index in [0.717, 1.165) is 12.8 Å². The van der Waals surface area contributed by atoms with Crippen LogP contribution in [-0.2, 0) is 9.53 Å². The van der Waals surface area contributed by atoms with Crippen molar-refractivity contribution in [2.75, 3.05) is 26.2 Å². The van der Waals surface area contributed by atoms with Crippen molar-refractivity contribution in [1.82, 2.24) is 10.6 Å². The van der Waals surface area contributed by atoms with Gasteiger partial charge in [-0.25, -0.2) is 0 Å². The van der Waals surface area contributed by atoms with Crippen LogP contribution < -0.4 is 10.6 Å². The molecule has 0 radical (unpaired) electrons. The van der Waals surface area contributed by atoms with Crippen molar-refractivity contribution >= 4 is 5.91 Å². The van der Waals surface area contributed by atoms with Crippen molar-refractivity contribution in [3.8, 4) is 0 Å². The molecule has 18 heavy (non-hydrogen) atoms. The molecule has 0 aromatic carbocycles. The molecule has 5 heteroatoms. The summed E-state index contributed by atoms with van der Waals surface area (Å²) < 4.78 is 5.47. The van der Waals surface area contributed by atoms with Gasteiger partial charge in [0.25, 0.3) is 0 Å². The smallest absolute Gasteiger partial charge is 0.223 e. The van der Waals surface area contributed by atoms with Gasteiger partial charge in [0.15, 0.2) is 0 Å². The lowest BCUT2D eigenvalue weighted by Crippen LogP contribution is -2.38. The Kier molecular flexibility index (Phi) is 6.05. The highest BCUT2D eigenvalue weighted by Gasteiger charge is 2.28. The standard InChI is InChI=1S/C13H26N2O3/c1-13(2,3)18-9-11(16)8-14-6-7-15-12(17)10-4-5-10/h10-11,14,16H,4-9H2,1-3H3,(H,15,17). The molecule has 3 N–H and O–H groups in total. The summed E-state index contributed by atoms with van der Waals surface area (Å²) in [6.07, 6.45) is 1.55. The maximum atomic E-state index is 11.3. The number of aliphatic hydroxyl groups is 1. The van der Waals surface area contributed by atoms with Gasteiger partial charge in [0, 0.05) is 25.6 Å². The SMILES string of the molecule is CC(C)(C)OCC(O)CNCCNC(=O)C1CC1. The first-order chi connectivity index (χ1) is 8.38. The number of rotatable bonds is 8. The first-order valence-corrected chi connectivity index (χ1v) is 6.69. The van der Waals surface area contributed by atoms with Gasteiger partial charge in [0.2, 0.25) is 5.91 Å². The topological polar surface area (TPSA) is 70.6 Å². The van der Waals surface area contributed by atoms with E-state index in [4.69, 9.17) is 4.74 Å². The van der Waals surface area contributed by atoms with Gasteiger partial charge >= 0.3 is 0 Å². The number of aliphatic hydroxyl groups excluding tert-OH is 1. The largest absolute Gasteiger partial charge is 0.389 e. The molecular weight excluding hydrogens is 232 g/mol. The molecule has 1 aliphatic rings. The number of amides is 1. The predicted octanol–water partition coefficient (Wildman–Crippen LogP) is 0.278. The van der Waals surface area contributed by atoms with Crippen LogP contribution in [0.15, 0.2) is 0 Å². The summed E-state index contributed by atoms with van der Waals surface area (Å²) in [6, 6.07) is 0. The molecule has 0 aliphatic heterocycles. The molecule has 5 nitrogen and oxygen atoms in total. The third-order valence-electron chi connectivity index (χ3n) is 2.64. The fourth-order valence-corrected chi connectivity index (χ4v) is 1.44. The second-order valence-corrected chi connectivity index (χ2v) is 5.85. The van der Waals surface area contributed by atoms with E-state index < -0.39 is 6.10 Å².